The molecule has 2 N–H and O–H groups in total. The highest BCUT2D eigenvalue weighted by Crippen LogP contribution is 2.41. The van der Waals surface area contributed by atoms with Gasteiger partial charge in [0.1, 0.15) is 23.7 Å². The molecule has 0 saturated carbocycles. The number of ether oxygens (including phenoxy) is 2. The molecule has 0 fully saturated rings. The van der Waals surface area contributed by atoms with E-state index < -0.39 is 11.9 Å². The second-order valence-corrected chi connectivity index (χ2v) is 5.24. The summed E-state index contributed by atoms with van der Waals surface area (Å²) in [4.78, 5) is 22.3. The molecule has 1 aromatic carbocycles. The number of esters is 1. The zero-order valence-corrected chi connectivity index (χ0v) is 13.2. The first-order valence-corrected chi connectivity index (χ1v) is 7.03. The van der Waals surface area contributed by atoms with Crippen molar-refractivity contribution in [1.82, 2.24) is 0 Å². The van der Waals surface area contributed by atoms with E-state index in [-0.39, 0.29) is 17.9 Å². The van der Waals surface area contributed by atoms with Crippen LogP contribution in [0.25, 0.3) is 0 Å². The number of fused-ring (bicyclic) bond motifs is 1. The molecule has 6 nitrogen and oxygen atoms in total. The van der Waals surface area contributed by atoms with E-state index in [1.165, 1.54) is 13.2 Å². The standard InChI is InChI=1S/C17H18O6/c1-9(5-7-13(18)19)4-6-11-15(20)14-12(8-23-17(14)21)10(2)16(11)22-3/h4-5,7,20H,6,8H2,1-3H3,(H,18,19)/b7-5+,9-4+. The number of methoxy groups -OCH3 is 1. The van der Waals surface area contributed by atoms with Crippen molar-refractivity contribution in [2.75, 3.05) is 7.11 Å². The Morgan fingerprint density at radius 1 is 1.39 bits per heavy atom. The molecule has 6 heteroatoms. The van der Waals surface area contributed by atoms with Crippen LogP contribution >= 0.6 is 0 Å². The predicted octanol–water partition coefficient (Wildman–Crippen LogP) is 2.51. The second-order valence-electron chi connectivity index (χ2n) is 5.24. The largest absolute Gasteiger partial charge is 0.507 e. The van der Waals surface area contributed by atoms with Crippen LogP contribution in [0.4, 0.5) is 0 Å². The molecule has 0 radical (unpaired) electrons. The van der Waals surface area contributed by atoms with Gasteiger partial charge in [-0.2, -0.15) is 0 Å². The SMILES string of the molecule is COc1c(C)c2c(c(O)c1C/C=C(C)/C=C/C(=O)O)C(=O)OC2. The number of hydrogen-bond acceptors (Lipinski definition) is 5. The summed E-state index contributed by atoms with van der Waals surface area (Å²) < 4.78 is 10.4. The maximum Gasteiger partial charge on any atom is 0.342 e. The highest BCUT2D eigenvalue weighted by Gasteiger charge is 2.31. The summed E-state index contributed by atoms with van der Waals surface area (Å²) in [6, 6.07) is 0. The number of allylic oxidation sites excluding steroid dienone is 3. The molecule has 0 atom stereocenters. The Labute approximate surface area is 133 Å². The van der Waals surface area contributed by atoms with Gasteiger partial charge < -0.3 is 19.7 Å². The quantitative estimate of drug-likeness (QED) is 0.492. The van der Waals surface area contributed by atoms with E-state index in [1.54, 1.807) is 13.0 Å². The van der Waals surface area contributed by atoms with Crippen LogP contribution in [0.3, 0.4) is 0 Å². The lowest BCUT2D eigenvalue weighted by Crippen LogP contribution is -2.03. The zero-order valence-electron chi connectivity index (χ0n) is 13.2. The van der Waals surface area contributed by atoms with Gasteiger partial charge in [0.05, 0.1) is 7.11 Å². The molecular weight excluding hydrogens is 300 g/mol. The van der Waals surface area contributed by atoms with Gasteiger partial charge in [-0.15, -0.1) is 0 Å². The number of rotatable bonds is 5. The van der Waals surface area contributed by atoms with Gasteiger partial charge in [0.2, 0.25) is 0 Å². The first kappa shape index (κ1) is 16.6. The van der Waals surface area contributed by atoms with Gasteiger partial charge in [0.25, 0.3) is 0 Å². The molecule has 1 heterocycles. The van der Waals surface area contributed by atoms with Gasteiger partial charge in [0, 0.05) is 17.2 Å². The maximum absolute atomic E-state index is 11.8. The lowest BCUT2D eigenvalue weighted by molar-refractivity contribution is -0.131. The Kier molecular flexibility index (Phi) is 4.74. The summed E-state index contributed by atoms with van der Waals surface area (Å²) in [5.74, 6) is -1.22. The van der Waals surface area contributed by atoms with Gasteiger partial charge >= 0.3 is 11.9 Å². The summed E-state index contributed by atoms with van der Waals surface area (Å²) in [6.45, 7) is 3.68. The first-order chi connectivity index (χ1) is 10.9. The molecule has 0 unspecified atom stereocenters. The summed E-state index contributed by atoms with van der Waals surface area (Å²) in [5.41, 5.74) is 2.78. The van der Waals surface area contributed by atoms with Crippen LogP contribution in [0.2, 0.25) is 0 Å². The molecule has 0 aliphatic carbocycles. The number of aromatic hydroxyl groups is 1. The zero-order chi connectivity index (χ0) is 17.1. The van der Waals surface area contributed by atoms with Crippen LogP contribution in [0.1, 0.15) is 34.0 Å². The van der Waals surface area contributed by atoms with Crippen LogP contribution in [0.5, 0.6) is 11.5 Å². The molecule has 0 bridgehead atoms. The van der Waals surface area contributed by atoms with Gasteiger partial charge in [-0.25, -0.2) is 9.59 Å². The number of hydrogen-bond donors (Lipinski definition) is 2. The minimum Gasteiger partial charge on any atom is -0.507 e. The van der Waals surface area contributed by atoms with Crippen LogP contribution < -0.4 is 4.74 Å². The van der Waals surface area contributed by atoms with Crippen molar-refractivity contribution in [3.05, 3.63) is 46.1 Å². The van der Waals surface area contributed by atoms with Crippen molar-refractivity contribution in [3.8, 4) is 11.5 Å². The topological polar surface area (TPSA) is 93.1 Å². The molecule has 0 saturated heterocycles. The van der Waals surface area contributed by atoms with Crippen LogP contribution in [0.15, 0.2) is 23.8 Å². The van der Waals surface area contributed by atoms with Crippen molar-refractivity contribution < 1.29 is 29.3 Å². The average Bonchev–Trinajstić information content (AvgIpc) is 2.89. The Hall–Kier alpha value is -2.76. The number of carbonyl (C=O) groups excluding carboxylic acids is 1. The van der Waals surface area contributed by atoms with E-state index in [0.717, 1.165) is 17.2 Å². The maximum atomic E-state index is 11.8. The highest BCUT2D eigenvalue weighted by molar-refractivity contribution is 5.98. The summed E-state index contributed by atoms with van der Waals surface area (Å²) in [5, 5.41) is 19.0. The van der Waals surface area contributed by atoms with Gasteiger partial charge in [-0.3, -0.25) is 0 Å². The van der Waals surface area contributed by atoms with Crippen molar-refractivity contribution in [2.24, 2.45) is 0 Å². The average molecular weight is 318 g/mol. The van der Waals surface area contributed by atoms with Crippen molar-refractivity contribution in [3.63, 3.8) is 0 Å². The van der Waals surface area contributed by atoms with Crippen molar-refractivity contribution in [1.29, 1.82) is 0 Å². The third-order valence-electron chi connectivity index (χ3n) is 3.76. The van der Waals surface area contributed by atoms with Crippen LogP contribution in [-0.2, 0) is 22.6 Å². The van der Waals surface area contributed by atoms with E-state index in [0.29, 0.717) is 23.3 Å². The Morgan fingerprint density at radius 3 is 2.70 bits per heavy atom. The van der Waals surface area contributed by atoms with Gasteiger partial charge in [-0.05, 0) is 25.8 Å². The molecule has 0 spiro atoms. The molecule has 2 rings (SSSR count). The lowest BCUT2D eigenvalue weighted by atomic mass is 9.95. The van der Waals surface area contributed by atoms with Gasteiger partial charge in [-0.1, -0.05) is 17.7 Å². The minimum atomic E-state index is -1.03. The lowest BCUT2D eigenvalue weighted by Gasteiger charge is -2.15. The predicted molar refractivity (Wildman–Crippen MR) is 82.8 cm³/mol. The second kappa shape index (κ2) is 6.56. The molecule has 1 aromatic rings. The Bertz CT molecular complexity index is 727. The number of carbonyl (C=O) groups is 2. The number of cyclic esters (lactones) is 1. The molecule has 23 heavy (non-hydrogen) atoms. The molecule has 1 aliphatic heterocycles. The number of aliphatic carboxylic acids is 1. The summed E-state index contributed by atoms with van der Waals surface area (Å²) >= 11 is 0. The fourth-order valence-corrected chi connectivity index (χ4v) is 2.56. The molecule has 0 amide bonds. The first-order valence-electron chi connectivity index (χ1n) is 7.03. The number of phenolic OH excluding ortho intramolecular Hbond substituents is 1. The number of carboxylic acids is 1. The van der Waals surface area contributed by atoms with E-state index in [9.17, 15) is 14.7 Å². The fraction of sp³-hybridized carbons (Fsp3) is 0.294. The fourth-order valence-electron chi connectivity index (χ4n) is 2.56. The number of phenols is 1. The van der Waals surface area contributed by atoms with E-state index in [1.807, 2.05) is 6.92 Å². The van der Waals surface area contributed by atoms with Crippen molar-refractivity contribution in [2.45, 2.75) is 26.9 Å². The van der Waals surface area contributed by atoms with E-state index in [2.05, 4.69) is 0 Å². The van der Waals surface area contributed by atoms with E-state index in [4.69, 9.17) is 14.6 Å². The number of carboxylic acid groups (broad SMARTS) is 1. The van der Waals surface area contributed by atoms with E-state index >= 15 is 0 Å². The van der Waals surface area contributed by atoms with Crippen LogP contribution in [-0.4, -0.2) is 29.3 Å². The van der Waals surface area contributed by atoms with Gasteiger partial charge in [0.15, 0.2) is 0 Å². The summed E-state index contributed by atoms with van der Waals surface area (Å²) in [6.07, 6.45) is 4.55. The Balaban J connectivity index is 2.45. The number of benzene rings is 1. The Morgan fingerprint density at radius 2 is 2.09 bits per heavy atom. The highest BCUT2D eigenvalue weighted by atomic mass is 16.5. The van der Waals surface area contributed by atoms with Crippen molar-refractivity contribution >= 4 is 11.9 Å². The molecule has 122 valence electrons. The molecule has 0 aromatic heterocycles. The summed E-state index contributed by atoms with van der Waals surface area (Å²) in [7, 11) is 1.50. The molecule has 1 aliphatic rings. The monoisotopic (exact) mass is 318 g/mol. The molecular formula is C17H18O6. The third-order valence-corrected chi connectivity index (χ3v) is 3.76. The normalized spacial score (nSPS) is 14.0. The van der Waals surface area contributed by atoms with Crippen LogP contribution in [0, 0.1) is 6.92 Å². The third kappa shape index (κ3) is 3.21. The smallest absolute Gasteiger partial charge is 0.342 e. The minimum absolute atomic E-state index is 0.125.